The van der Waals surface area contributed by atoms with Gasteiger partial charge in [-0.3, -0.25) is 0 Å². The molecule has 1 aliphatic rings. The molecule has 0 saturated carbocycles. The van der Waals surface area contributed by atoms with Gasteiger partial charge < -0.3 is 15.4 Å². The van der Waals surface area contributed by atoms with Gasteiger partial charge in [-0.2, -0.15) is 0 Å². The summed E-state index contributed by atoms with van der Waals surface area (Å²) < 4.78 is 6.04. The van der Waals surface area contributed by atoms with Gasteiger partial charge in [-0.15, -0.1) is 0 Å². The van der Waals surface area contributed by atoms with Crippen LogP contribution in [-0.2, 0) is 13.0 Å². The van der Waals surface area contributed by atoms with E-state index in [0.717, 1.165) is 61.1 Å². The van der Waals surface area contributed by atoms with Gasteiger partial charge in [0.25, 0.3) is 0 Å². The monoisotopic (exact) mass is 394 g/mol. The Bertz CT molecular complexity index is 992. The van der Waals surface area contributed by atoms with E-state index in [1.165, 1.54) is 28.2 Å². The normalized spacial score (nSPS) is 13.6. The lowest BCUT2D eigenvalue weighted by molar-refractivity contribution is 0.310. The standard InChI is InChI=1S/C22H26N4OS/c1-3-4-11-27-16-12-15-7-5-6-8-17(15)20(13-16)26-10-9-18-19(14-26)24-22(28-2)25-21(18)23/h5-8,12-13H,3-4,9-11,14H2,1-2H3,(H2,23,24,25). The summed E-state index contributed by atoms with van der Waals surface area (Å²) in [5.41, 5.74) is 9.50. The van der Waals surface area contributed by atoms with Crippen molar-refractivity contribution in [3.8, 4) is 5.75 Å². The van der Waals surface area contributed by atoms with Crippen LogP contribution in [0.2, 0.25) is 0 Å². The predicted octanol–water partition coefficient (Wildman–Crippen LogP) is 4.68. The molecule has 0 amide bonds. The first kappa shape index (κ1) is 18.9. The number of nitrogen functional groups attached to an aromatic ring is 1. The summed E-state index contributed by atoms with van der Waals surface area (Å²) in [5, 5.41) is 3.17. The van der Waals surface area contributed by atoms with Crippen molar-refractivity contribution in [3.05, 3.63) is 47.7 Å². The summed E-state index contributed by atoms with van der Waals surface area (Å²) in [5.74, 6) is 1.55. The Morgan fingerprint density at radius 1 is 1.21 bits per heavy atom. The molecule has 0 saturated heterocycles. The van der Waals surface area contributed by atoms with Crippen LogP contribution in [0.1, 0.15) is 31.0 Å². The van der Waals surface area contributed by atoms with Crippen LogP contribution in [0.3, 0.4) is 0 Å². The van der Waals surface area contributed by atoms with Crippen molar-refractivity contribution in [3.63, 3.8) is 0 Å². The van der Waals surface area contributed by atoms with Gasteiger partial charge in [-0.25, -0.2) is 9.97 Å². The summed E-state index contributed by atoms with van der Waals surface area (Å²) in [6, 6.07) is 12.8. The van der Waals surface area contributed by atoms with E-state index >= 15 is 0 Å². The van der Waals surface area contributed by atoms with E-state index in [9.17, 15) is 0 Å². The zero-order chi connectivity index (χ0) is 19.5. The van der Waals surface area contributed by atoms with Crippen molar-refractivity contribution in [2.45, 2.75) is 37.9 Å². The van der Waals surface area contributed by atoms with E-state index in [2.05, 4.69) is 53.2 Å². The summed E-state index contributed by atoms with van der Waals surface area (Å²) in [4.78, 5) is 11.5. The molecule has 3 aromatic rings. The molecule has 4 rings (SSSR count). The number of benzene rings is 2. The Balaban J connectivity index is 1.71. The Morgan fingerprint density at radius 2 is 2.07 bits per heavy atom. The molecule has 0 spiro atoms. The fraction of sp³-hybridized carbons (Fsp3) is 0.364. The Morgan fingerprint density at radius 3 is 2.89 bits per heavy atom. The van der Waals surface area contributed by atoms with Crippen molar-refractivity contribution in [1.82, 2.24) is 9.97 Å². The molecule has 5 nitrogen and oxygen atoms in total. The zero-order valence-corrected chi connectivity index (χ0v) is 17.3. The van der Waals surface area contributed by atoms with Crippen LogP contribution in [0.4, 0.5) is 11.5 Å². The third kappa shape index (κ3) is 3.74. The van der Waals surface area contributed by atoms with Gasteiger partial charge >= 0.3 is 0 Å². The molecule has 2 N–H and O–H groups in total. The molecule has 0 radical (unpaired) electrons. The number of fused-ring (bicyclic) bond motifs is 2. The zero-order valence-electron chi connectivity index (χ0n) is 16.4. The Labute approximate surface area is 170 Å². The number of rotatable bonds is 6. The first-order valence-corrected chi connectivity index (χ1v) is 11.0. The van der Waals surface area contributed by atoms with E-state index in [1.807, 2.05) is 6.26 Å². The van der Waals surface area contributed by atoms with E-state index < -0.39 is 0 Å². The average Bonchev–Trinajstić information content (AvgIpc) is 2.73. The molecular weight excluding hydrogens is 368 g/mol. The molecular formula is C22H26N4OS. The fourth-order valence-corrected chi connectivity index (χ4v) is 4.07. The summed E-state index contributed by atoms with van der Waals surface area (Å²) >= 11 is 1.53. The van der Waals surface area contributed by atoms with Gasteiger partial charge in [0.15, 0.2) is 5.16 Å². The number of hydrogen-bond donors (Lipinski definition) is 1. The van der Waals surface area contributed by atoms with E-state index in [0.29, 0.717) is 5.82 Å². The van der Waals surface area contributed by atoms with E-state index in [1.54, 1.807) is 0 Å². The highest BCUT2D eigenvalue weighted by Crippen LogP contribution is 2.35. The van der Waals surface area contributed by atoms with Crippen molar-refractivity contribution in [2.75, 3.05) is 30.0 Å². The molecule has 1 aliphatic heterocycles. The summed E-state index contributed by atoms with van der Waals surface area (Å²) in [7, 11) is 0. The van der Waals surface area contributed by atoms with Crippen molar-refractivity contribution in [2.24, 2.45) is 0 Å². The number of nitrogens with two attached hydrogens (primary N) is 1. The highest BCUT2D eigenvalue weighted by atomic mass is 32.2. The lowest BCUT2D eigenvalue weighted by Crippen LogP contribution is -2.32. The minimum Gasteiger partial charge on any atom is -0.493 e. The third-order valence-electron chi connectivity index (χ3n) is 5.18. The predicted molar refractivity (Wildman–Crippen MR) is 117 cm³/mol. The summed E-state index contributed by atoms with van der Waals surface area (Å²) in [6.07, 6.45) is 5.02. The van der Waals surface area contributed by atoms with Crippen molar-refractivity contribution < 1.29 is 4.74 Å². The summed E-state index contributed by atoms with van der Waals surface area (Å²) in [6.45, 7) is 4.55. The number of ether oxygens (including phenoxy) is 1. The number of hydrogen-bond acceptors (Lipinski definition) is 6. The molecule has 0 atom stereocenters. The molecule has 2 aromatic carbocycles. The second-order valence-electron chi connectivity index (χ2n) is 7.06. The lowest BCUT2D eigenvalue weighted by Gasteiger charge is -2.31. The van der Waals surface area contributed by atoms with Crippen molar-refractivity contribution in [1.29, 1.82) is 0 Å². The molecule has 0 aliphatic carbocycles. The van der Waals surface area contributed by atoms with Crippen molar-refractivity contribution >= 4 is 34.0 Å². The van der Waals surface area contributed by atoms with E-state index in [-0.39, 0.29) is 0 Å². The molecule has 1 aromatic heterocycles. The Kier molecular flexibility index (Phi) is 5.57. The van der Waals surface area contributed by atoms with Gasteiger partial charge in [-0.1, -0.05) is 49.4 Å². The molecule has 146 valence electrons. The van der Waals surface area contributed by atoms with Gasteiger partial charge in [0.2, 0.25) is 0 Å². The van der Waals surface area contributed by atoms with Crippen LogP contribution >= 0.6 is 11.8 Å². The van der Waals surface area contributed by atoms with Crippen LogP contribution in [0.25, 0.3) is 10.8 Å². The number of unbranched alkanes of at least 4 members (excludes halogenated alkanes) is 1. The maximum atomic E-state index is 6.18. The van der Waals surface area contributed by atoms with Crippen LogP contribution in [0, 0.1) is 0 Å². The minimum absolute atomic E-state index is 0.621. The Hall–Kier alpha value is -2.47. The van der Waals surface area contributed by atoms with Gasteiger partial charge in [-0.05, 0) is 30.6 Å². The van der Waals surface area contributed by atoms with Gasteiger partial charge in [0.05, 0.1) is 18.8 Å². The van der Waals surface area contributed by atoms with E-state index in [4.69, 9.17) is 15.5 Å². The molecule has 6 heteroatoms. The number of anilines is 2. The highest BCUT2D eigenvalue weighted by Gasteiger charge is 2.23. The molecule has 0 bridgehead atoms. The smallest absolute Gasteiger partial charge is 0.189 e. The topological polar surface area (TPSA) is 64.3 Å². The van der Waals surface area contributed by atoms with Crippen LogP contribution in [-0.4, -0.2) is 29.4 Å². The number of nitrogens with zero attached hydrogens (tertiary/aromatic N) is 3. The molecule has 0 fully saturated rings. The number of aromatic nitrogens is 2. The van der Waals surface area contributed by atoms with Gasteiger partial charge in [0, 0.05) is 29.2 Å². The maximum absolute atomic E-state index is 6.18. The van der Waals surface area contributed by atoms with Crippen LogP contribution < -0.4 is 15.4 Å². The third-order valence-corrected chi connectivity index (χ3v) is 5.73. The van der Waals surface area contributed by atoms with Gasteiger partial charge in [0.1, 0.15) is 11.6 Å². The second-order valence-corrected chi connectivity index (χ2v) is 7.83. The van der Waals surface area contributed by atoms with Crippen LogP contribution in [0.15, 0.2) is 41.6 Å². The number of thioether (sulfide) groups is 1. The quantitative estimate of drug-likeness (QED) is 0.372. The molecule has 0 unspecified atom stereocenters. The SMILES string of the molecule is CCCCOc1cc(N2CCc3c(N)nc(SC)nc3C2)c2ccccc2c1. The fourth-order valence-electron chi connectivity index (χ4n) is 3.68. The van der Waals surface area contributed by atoms with Crippen LogP contribution in [0.5, 0.6) is 5.75 Å². The minimum atomic E-state index is 0.621. The largest absolute Gasteiger partial charge is 0.493 e. The maximum Gasteiger partial charge on any atom is 0.189 e. The highest BCUT2D eigenvalue weighted by molar-refractivity contribution is 7.98. The molecule has 28 heavy (non-hydrogen) atoms. The average molecular weight is 395 g/mol. The second kappa shape index (κ2) is 8.27. The first-order chi connectivity index (χ1) is 13.7. The lowest BCUT2D eigenvalue weighted by atomic mass is 10.0. The first-order valence-electron chi connectivity index (χ1n) is 9.79. The molecule has 2 heterocycles.